The number of thiocarbonyl (C=S) groups is 1. The third-order valence-electron chi connectivity index (χ3n) is 2.74. The van der Waals surface area contributed by atoms with Gasteiger partial charge in [-0.2, -0.15) is 0 Å². The molecule has 0 atom stereocenters. The molecule has 0 unspecified atom stereocenters. The fourth-order valence-corrected chi connectivity index (χ4v) is 2.69. The lowest BCUT2D eigenvalue weighted by Crippen LogP contribution is -2.19. The van der Waals surface area contributed by atoms with Crippen LogP contribution in [0.4, 0.5) is 11.4 Å². The molecule has 0 bridgehead atoms. The van der Waals surface area contributed by atoms with Gasteiger partial charge in [0.2, 0.25) is 0 Å². The predicted molar refractivity (Wildman–Crippen MR) is 96.1 cm³/mol. The van der Waals surface area contributed by atoms with Crippen molar-refractivity contribution in [2.24, 2.45) is 0 Å². The average molecular weight is 339 g/mol. The van der Waals surface area contributed by atoms with Gasteiger partial charge in [0.25, 0.3) is 0 Å². The second-order valence-electron chi connectivity index (χ2n) is 4.16. The van der Waals surface area contributed by atoms with E-state index >= 15 is 0 Å². The van der Waals surface area contributed by atoms with Crippen molar-refractivity contribution in [3.8, 4) is 5.75 Å². The Morgan fingerprint density at radius 2 is 1.86 bits per heavy atom. The molecule has 6 heteroatoms. The maximum Gasteiger partial charge on any atom is 0.175 e. The molecule has 0 saturated heterocycles. The van der Waals surface area contributed by atoms with Crippen molar-refractivity contribution in [1.82, 2.24) is 0 Å². The molecule has 0 aliphatic heterocycles. The number of thioether (sulfide) groups is 1. The molecule has 0 aliphatic rings. The van der Waals surface area contributed by atoms with E-state index in [2.05, 4.69) is 16.7 Å². The minimum atomic E-state index is 0.509. The minimum absolute atomic E-state index is 0.509. The second kappa shape index (κ2) is 7.54. The maximum atomic E-state index is 6.08. The lowest BCUT2D eigenvalue weighted by Gasteiger charge is -2.12. The first-order valence-corrected chi connectivity index (χ1v) is 8.19. The zero-order valence-corrected chi connectivity index (χ0v) is 14.0. The van der Waals surface area contributed by atoms with Crippen LogP contribution in [0.25, 0.3) is 0 Å². The van der Waals surface area contributed by atoms with Crippen molar-refractivity contribution in [1.29, 1.82) is 0 Å². The molecule has 2 aromatic rings. The summed E-state index contributed by atoms with van der Waals surface area (Å²) in [6, 6.07) is 13.5. The van der Waals surface area contributed by atoms with Crippen LogP contribution in [0.1, 0.15) is 0 Å². The van der Waals surface area contributed by atoms with Gasteiger partial charge >= 0.3 is 0 Å². The number of benzene rings is 2. The average Bonchev–Trinajstić information content (AvgIpc) is 2.47. The Balaban J connectivity index is 2.02. The number of methoxy groups -OCH3 is 1. The molecule has 0 amide bonds. The third kappa shape index (κ3) is 4.52. The molecule has 0 radical (unpaired) electrons. The highest BCUT2D eigenvalue weighted by Crippen LogP contribution is 2.27. The maximum absolute atomic E-state index is 6.08. The summed E-state index contributed by atoms with van der Waals surface area (Å²) in [6.45, 7) is 0. The van der Waals surface area contributed by atoms with Crippen LogP contribution in [0, 0.1) is 0 Å². The number of nitrogens with one attached hydrogen (secondary N) is 2. The molecule has 3 nitrogen and oxygen atoms in total. The van der Waals surface area contributed by atoms with Gasteiger partial charge in [-0.1, -0.05) is 17.7 Å². The molecule has 110 valence electrons. The van der Waals surface area contributed by atoms with Crippen LogP contribution in [-0.2, 0) is 0 Å². The highest BCUT2D eigenvalue weighted by molar-refractivity contribution is 7.98. The fraction of sp³-hybridized carbons (Fsp3) is 0.133. The highest BCUT2D eigenvalue weighted by Gasteiger charge is 2.04. The van der Waals surface area contributed by atoms with E-state index in [-0.39, 0.29) is 0 Å². The van der Waals surface area contributed by atoms with Crippen molar-refractivity contribution in [2.45, 2.75) is 4.90 Å². The fourth-order valence-electron chi connectivity index (χ4n) is 1.74. The first kappa shape index (κ1) is 15.9. The lowest BCUT2D eigenvalue weighted by atomic mass is 10.3. The second-order valence-corrected chi connectivity index (χ2v) is 5.86. The van der Waals surface area contributed by atoms with Crippen molar-refractivity contribution in [3.63, 3.8) is 0 Å². The molecule has 0 saturated carbocycles. The normalized spacial score (nSPS) is 10.0. The van der Waals surface area contributed by atoms with Gasteiger partial charge in [0, 0.05) is 16.3 Å². The zero-order chi connectivity index (χ0) is 15.2. The summed E-state index contributed by atoms with van der Waals surface area (Å²) in [5.41, 5.74) is 1.75. The SMILES string of the molecule is COc1ccc(NC(=S)Nc2cccc(SC)c2)cc1Cl. The Labute approximate surface area is 139 Å². The Morgan fingerprint density at radius 3 is 2.48 bits per heavy atom. The minimum Gasteiger partial charge on any atom is -0.495 e. The van der Waals surface area contributed by atoms with E-state index in [0.29, 0.717) is 15.9 Å². The quantitative estimate of drug-likeness (QED) is 0.613. The standard InChI is InChI=1S/C15H15ClN2OS2/c1-19-14-7-6-11(9-13(14)16)18-15(20)17-10-4-3-5-12(8-10)21-2/h3-9H,1-2H3,(H2,17,18,20). The van der Waals surface area contributed by atoms with Crippen LogP contribution in [0.5, 0.6) is 5.75 Å². The summed E-state index contributed by atoms with van der Waals surface area (Å²) in [4.78, 5) is 1.18. The summed E-state index contributed by atoms with van der Waals surface area (Å²) >= 11 is 13.1. The van der Waals surface area contributed by atoms with Gasteiger partial charge in [0.15, 0.2) is 5.11 Å². The number of hydrogen-bond acceptors (Lipinski definition) is 3. The molecular weight excluding hydrogens is 324 g/mol. The molecule has 21 heavy (non-hydrogen) atoms. The van der Waals surface area contributed by atoms with E-state index in [1.54, 1.807) is 31.0 Å². The largest absolute Gasteiger partial charge is 0.495 e. The smallest absolute Gasteiger partial charge is 0.175 e. The van der Waals surface area contributed by atoms with Crippen molar-refractivity contribution in [3.05, 3.63) is 47.5 Å². The van der Waals surface area contributed by atoms with Crippen LogP contribution >= 0.6 is 35.6 Å². The van der Waals surface area contributed by atoms with E-state index < -0.39 is 0 Å². The molecule has 0 heterocycles. The number of halogens is 1. The first-order chi connectivity index (χ1) is 10.1. The molecule has 2 aromatic carbocycles. The van der Waals surface area contributed by atoms with E-state index in [0.717, 1.165) is 11.4 Å². The van der Waals surface area contributed by atoms with E-state index in [4.69, 9.17) is 28.6 Å². The number of rotatable bonds is 4. The molecule has 0 fully saturated rings. The van der Waals surface area contributed by atoms with Crippen LogP contribution in [0.2, 0.25) is 5.02 Å². The predicted octanol–water partition coefficient (Wildman–Crippen LogP) is 4.88. The summed E-state index contributed by atoms with van der Waals surface area (Å²) in [7, 11) is 1.58. The summed E-state index contributed by atoms with van der Waals surface area (Å²) in [5, 5.41) is 7.28. The van der Waals surface area contributed by atoms with E-state index in [1.165, 1.54) is 4.90 Å². The van der Waals surface area contributed by atoms with Crippen LogP contribution in [-0.4, -0.2) is 18.5 Å². The summed E-state index contributed by atoms with van der Waals surface area (Å²) < 4.78 is 5.12. The Bertz CT molecular complexity index is 649. The first-order valence-electron chi connectivity index (χ1n) is 6.18. The Morgan fingerprint density at radius 1 is 1.14 bits per heavy atom. The third-order valence-corrected chi connectivity index (χ3v) is 3.96. The van der Waals surface area contributed by atoms with Crippen LogP contribution in [0.3, 0.4) is 0 Å². The van der Waals surface area contributed by atoms with Crippen LogP contribution < -0.4 is 15.4 Å². The topological polar surface area (TPSA) is 33.3 Å². The monoisotopic (exact) mass is 338 g/mol. The Hall–Kier alpha value is -1.43. The van der Waals surface area contributed by atoms with Gasteiger partial charge in [-0.15, -0.1) is 11.8 Å². The molecular formula is C15H15ClN2OS2. The van der Waals surface area contributed by atoms with E-state index in [9.17, 15) is 0 Å². The molecule has 2 N–H and O–H groups in total. The molecule has 0 spiro atoms. The van der Waals surface area contributed by atoms with Gasteiger partial charge in [-0.25, -0.2) is 0 Å². The van der Waals surface area contributed by atoms with Gasteiger partial charge in [0.1, 0.15) is 5.75 Å². The number of ether oxygens (including phenoxy) is 1. The van der Waals surface area contributed by atoms with Gasteiger partial charge in [0.05, 0.1) is 12.1 Å². The highest BCUT2D eigenvalue weighted by atomic mass is 35.5. The van der Waals surface area contributed by atoms with Crippen molar-refractivity contribution in [2.75, 3.05) is 24.0 Å². The van der Waals surface area contributed by atoms with E-state index in [1.807, 2.05) is 30.5 Å². The lowest BCUT2D eigenvalue weighted by molar-refractivity contribution is 0.415. The van der Waals surface area contributed by atoms with Crippen LogP contribution in [0.15, 0.2) is 47.4 Å². The molecule has 2 rings (SSSR count). The Kier molecular flexibility index (Phi) is 5.73. The van der Waals surface area contributed by atoms with Crippen molar-refractivity contribution < 1.29 is 4.74 Å². The number of anilines is 2. The number of hydrogen-bond donors (Lipinski definition) is 2. The zero-order valence-electron chi connectivity index (χ0n) is 11.6. The van der Waals surface area contributed by atoms with Gasteiger partial charge in [-0.05, 0) is 54.9 Å². The van der Waals surface area contributed by atoms with Crippen molar-refractivity contribution >= 4 is 52.1 Å². The van der Waals surface area contributed by atoms with Gasteiger partial charge < -0.3 is 15.4 Å². The summed E-state index contributed by atoms with van der Waals surface area (Å²) in [6.07, 6.45) is 2.04. The molecule has 0 aromatic heterocycles. The summed E-state index contributed by atoms with van der Waals surface area (Å²) in [5.74, 6) is 0.633. The molecule has 0 aliphatic carbocycles. The van der Waals surface area contributed by atoms with Gasteiger partial charge in [-0.3, -0.25) is 0 Å².